The number of sulfonamides is 1. The molecule has 1 saturated heterocycles. The van der Waals surface area contributed by atoms with Crippen LogP contribution >= 0.6 is 0 Å². The molecular weight excluding hydrogens is 280 g/mol. The lowest BCUT2D eigenvalue weighted by Crippen LogP contribution is -2.48. The minimum atomic E-state index is -3.69. The van der Waals surface area contributed by atoms with Crippen LogP contribution in [-0.4, -0.2) is 36.2 Å². The van der Waals surface area contributed by atoms with Crippen molar-refractivity contribution in [3.63, 3.8) is 0 Å². The van der Waals surface area contributed by atoms with Crippen LogP contribution in [0.3, 0.4) is 0 Å². The first-order valence-electron chi connectivity index (χ1n) is 6.35. The molecule has 0 saturated carbocycles. The SMILES string of the molecule is CC1CCC(C(N)=O)CN1S(=O)(=O)c1ccc(N)nc1. The number of carbonyl (C=O) groups is 1. The third-order valence-electron chi connectivity index (χ3n) is 3.59. The lowest BCUT2D eigenvalue weighted by Gasteiger charge is -2.35. The second-order valence-electron chi connectivity index (χ2n) is 5.02. The Kier molecular flexibility index (Phi) is 3.96. The van der Waals surface area contributed by atoms with E-state index in [1.807, 2.05) is 6.92 Å². The van der Waals surface area contributed by atoms with E-state index < -0.39 is 21.8 Å². The summed E-state index contributed by atoms with van der Waals surface area (Å²) in [5.74, 6) is -0.652. The number of hydrogen-bond donors (Lipinski definition) is 2. The van der Waals surface area contributed by atoms with Gasteiger partial charge in [0.05, 0.1) is 5.92 Å². The molecule has 110 valence electrons. The predicted molar refractivity (Wildman–Crippen MR) is 73.9 cm³/mol. The Bertz CT molecular complexity index is 600. The van der Waals surface area contributed by atoms with Gasteiger partial charge in [-0.05, 0) is 31.9 Å². The van der Waals surface area contributed by atoms with Crippen LogP contribution in [0, 0.1) is 5.92 Å². The Labute approximate surface area is 118 Å². The van der Waals surface area contributed by atoms with E-state index in [0.29, 0.717) is 12.8 Å². The summed E-state index contributed by atoms with van der Waals surface area (Å²) in [6.45, 7) is 1.93. The van der Waals surface area contributed by atoms with E-state index in [1.54, 1.807) is 0 Å². The zero-order chi connectivity index (χ0) is 14.9. The van der Waals surface area contributed by atoms with Crippen LogP contribution in [-0.2, 0) is 14.8 Å². The second kappa shape index (κ2) is 5.37. The van der Waals surface area contributed by atoms with Gasteiger partial charge in [0.15, 0.2) is 0 Å². The van der Waals surface area contributed by atoms with Crippen molar-refractivity contribution in [1.82, 2.24) is 9.29 Å². The fraction of sp³-hybridized carbons (Fsp3) is 0.500. The summed E-state index contributed by atoms with van der Waals surface area (Å²) in [6, 6.07) is 2.68. The van der Waals surface area contributed by atoms with E-state index >= 15 is 0 Å². The molecule has 1 aliphatic heterocycles. The van der Waals surface area contributed by atoms with Crippen molar-refractivity contribution in [3.8, 4) is 0 Å². The highest BCUT2D eigenvalue weighted by Crippen LogP contribution is 2.27. The molecule has 1 aromatic heterocycles. The van der Waals surface area contributed by atoms with E-state index in [-0.39, 0.29) is 23.3 Å². The standard InChI is InChI=1S/C12H18N4O3S/c1-8-2-3-9(12(14)17)7-16(8)20(18,19)10-4-5-11(13)15-6-10/h4-6,8-9H,2-3,7H2,1H3,(H2,13,15)(H2,14,17). The van der Waals surface area contributed by atoms with E-state index in [2.05, 4.69) is 4.98 Å². The first kappa shape index (κ1) is 14.7. The number of nitrogens with two attached hydrogens (primary N) is 2. The molecule has 1 amide bonds. The summed E-state index contributed by atoms with van der Waals surface area (Å²) in [5, 5.41) is 0. The molecule has 1 aromatic rings. The van der Waals surface area contributed by atoms with Gasteiger partial charge >= 0.3 is 0 Å². The van der Waals surface area contributed by atoms with Gasteiger partial charge < -0.3 is 11.5 Å². The number of anilines is 1. The van der Waals surface area contributed by atoms with Crippen LogP contribution in [0.25, 0.3) is 0 Å². The monoisotopic (exact) mass is 298 g/mol. The number of nitrogen functional groups attached to an aromatic ring is 1. The smallest absolute Gasteiger partial charge is 0.244 e. The number of amides is 1. The maximum absolute atomic E-state index is 12.6. The molecule has 2 rings (SSSR count). The lowest BCUT2D eigenvalue weighted by molar-refractivity contribution is -0.123. The molecule has 7 nitrogen and oxygen atoms in total. The summed E-state index contributed by atoms with van der Waals surface area (Å²) in [6.07, 6.45) is 2.45. The van der Waals surface area contributed by atoms with Crippen LogP contribution < -0.4 is 11.5 Å². The Morgan fingerprint density at radius 2 is 2.10 bits per heavy atom. The topological polar surface area (TPSA) is 119 Å². The van der Waals surface area contributed by atoms with Crippen molar-refractivity contribution in [1.29, 1.82) is 0 Å². The highest BCUT2D eigenvalue weighted by molar-refractivity contribution is 7.89. The number of hydrogen-bond acceptors (Lipinski definition) is 5. The third kappa shape index (κ3) is 2.75. The Morgan fingerprint density at radius 3 is 2.65 bits per heavy atom. The number of aromatic nitrogens is 1. The van der Waals surface area contributed by atoms with Crippen LogP contribution in [0.15, 0.2) is 23.2 Å². The molecule has 0 aliphatic carbocycles. The fourth-order valence-electron chi connectivity index (χ4n) is 2.32. The minimum absolute atomic E-state index is 0.0728. The molecule has 0 radical (unpaired) electrons. The molecule has 2 atom stereocenters. The molecule has 20 heavy (non-hydrogen) atoms. The largest absolute Gasteiger partial charge is 0.384 e. The van der Waals surface area contributed by atoms with E-state index in [4.69, 9.17) is 11.5 Å². The van der Waals surface area contributed by atoms with Gasteiger partial charge in [-0.3, -0.25) is 4.79 Å². The van der Waals surface area contributed by atoms with E-state index in [1.165, 1.54) is 22.6 Å². The minimum Gasteiger partial charge on any atom is -0.384 e. The average Bonchev–Trinajstić information content (AvgIpc) is 2.39. The summed E-state index contributed by atoms with van der Waals surface area (Å²) in [5.41, 5.74) is 10.7. The number of pyridine rings is 1. The Balaban J connectivity index is 2.31. The number of rotatable bonds is 3. The maximum Gasteiger partial charge on any atom is 0.244 e. The van der Waals surface area contributed by atoms with Crippen LogP contribution in [0.1, 0.15) is 19.8 Å². The molecular formula is C12H18N4O3S. The molecule has 8 heteroatoms. The molecule has 0 spiro atoms. The Hall–Kier alpha value is -1.67. The number of primary amides is 1. The number of piperidine rings is 1. The van der Waals surface area contributed by atoms with Gasteiger partial charge in [0, 0.05) is 18.8 Å². The molecule has 0 bridgehead atoms. The lowest BCUT2D eigenvalue weighted by atomic mass is 9.95. The molecule has 1 fully saturated rings. The van der Waals surface area contributed by atoms with Gasteiger partial charge in [-0.1, -0.05) is 0 Å². The van der Waals surface area contributed by atoms with Gasteiger partial charge in [0.2, 0.25) is 15.9 Å². The summed E-state index contributed by atoms with van der Waals surface area (Å²) in [4.78, 5) is 15.2. The maximum atomic E-state index is 12.6. The number of nitrogens with zero attached hydrogens (tertiary/aromatic N) is 2. The van der Waals surface area contributed by atoms with Crippen molar-refractivity contribution < 1.29 is 13.2 Å². The van der Waals surface area contributed by atoms with Crippen LogP contribution in [0.5, 0.6) is 0 Å². The fourth-order valence-corrected chi connectivity index (χ4v) is 3.97. The molecule has 2 heterocycles. The first-order chi connectivity index (χ1) is 9.32. The zero-order valence-corrected chi connectivity index (χ0v) is 12.0. The van der Waals surface area contributed by atoms with Crippen molar-refractivity contribution >= 4 is 21.7 Å². The molecule has 1 aliphatic rings. The molecule has 2 unspecified atom stereocenters. The van der Waals surface area contributed by atoms with Gasteiger partial charge in [0.25, 0.3) is 0 Å². The van der Waals surface area contributed by atoms with Gasteiger partial charge in [-0.15, -0.1) is 0 Å². The van der Waals surface area contributed by atoms with Gasteiger partial charge in [0.1, 0.15) is 10.7 Å². The third-order valence-corrected chi connectivity index (χ3v) is 5.56. The second-order valence-corrected chi connectivity index (χ2v) is 6.91. The van der Waals surface area contributed by atoms with Crippen molar-refractivity contribution in [3.05, 3.63) is 18.3 Å². The summed E-state index contributed by atoms with van der Waals surface area (Å²) in [7, 11) is -3.69. The normalized spacial score (nSPS) is 24.4. The molecule has 4 N–H and O–H groups in total. The number of carbonyl (C=O) groups excluding carboxylic acids is 1. The Morgan fingerprint density at radius 1 is 1.40 bits per heavy atom. The van der Waals surface area contributed by atoms with Crippen LogP contribution in [0.2, 0.25) is 0 Å². The van der Waals surface area contributed by atoms with E-state index in [9.17, 15) is 13.2 Å². The average molecular weight is 298 g/mol. The van der Waals surface area contributed by atoms with Crippen molar-refractivity contribution in [2.75, 3.05) is 12.3 Å². The van der Waals surface area contributed by atoms with Crippen LogP contribution in [0.4, 0.5) is 5.82 Å². The van der Waals surface area contributed by atoms with Gasteiger partial charge in [-0.25, -0.2) is 13.4 Å². The van der Waals surface area contributed by atoms with E-state index in [0.717, 1.165) is 0 Å². The quantitative estimate of drug-likeness (QED) is 0.810. The molecule has 0 aromatic carbocycles. The van der Waals surface area contributed by atoms with Gasteiger partial charge in [-0.2, -0.15) is 4.31 Å². The van der Waals surface area contributed by atoms with Crippen molar-refractivity contribution in [2.45, 2.75) is 30.7 Å². The highest BCUT2D eigenvalue weighted by atomic mass is 32.2. The summed E-state index contributed by atoms with van der Waals surface area (Å²) < 4.78 is 26.5. The summed E-state index contributed by atoms with van der Waals surface area (Å²) >= 11 is 0. The highest BCUT2D eigenvalue weighted by Gasteiger charge is 2.36. The zero-order valence-electron chi connectivity index (χ0n) is 11.2. The van der Waals surface area contributed by atoms with Crippen molar-refractivity contribution in [2.24, 2.45) is 11.7 Å². The first-order valence-corrected chi connectivity index (χ1v) is 7.79. The predicted octanol–water partition coefficient (Wildman–Crippen LogP) is -0.0617.